The fourth-order valence-corrected chi connectivity index (χ4v) is 4.03. The van der Waals surface area contributed by atoms with Crippen molar-refractivity contribution in [1.82, 2.24) is 10.2 Å². The third kappa shape index (κ3) is 3.74. The Morgan fingerprint density at radius 3 is 2.44 bits per heavy atom. The lowest BCUT2D eigenvalue weighted by molar-refractivity contribution is -0.122. The minimum Gasteiger partial charge on any atom is -0.353 e. The number of fused-ring (bicyclic) bond motifs is 1. The Morgan fingerprint density at radius 2 is 1.67 bits per heavy atom. The normalized spacial score (nSPS) is 19.1. The van der Waals surface area contributed by atoms with Gasteiger partial charge in [0.05, 0.1) is 0 Å². The van der Waals surface area contributed by atoms with Crippen molar-refractivity contribution in [2.75, 3.05) is 31.1 Å². The van der Waals surface area contributed by atoms with E-state index in [4.69, 9.17) is 0 Å². The lowest BCUT2D eigenvalue weighted by Gasteiger charge is -2.25. The minimum absolute atomic E-state index is 0.0744. The van der Waals surface area contributed by atoms with Crippen molar-refractivity contribution in [3.05, 3.63) is 65.7 Å². The van der Waals surface area contributed by atoms with E-state index in [0.29, 0.717) is 18.5 Å². The minimum atomic E-state index is -0.492. The summed E-state index contributed by atoms with van der Waals surface area (Å²) in [5, 5.41) is 3.05. The summed E-state index contributed by atoms with van der Waals surface area (Å²) in [5.41, 5.74) is 2.48. The number of hydrogen-bond donors (Lipinski definition) is 1. The van der Waals surface area contributed by atoms with Gasteiger partial charge in [0.2, 0.25) is 5.91 Å². The van der Waals surface area contributed by atoms with Gasteiger partial charge in [-0.25, -0.2) is 0 Å². The first-order valence-electron chi connectivity index (χ1n) is 9.70. The lowest BCUT2D eigenvalue weighted by Crippen LogP contribution is -2.49. The molecule has 0 saturated carbocycles. The number of carbonyl (C=O) groups excluding carboxylic acids is 2. The van der Waals surface area contributed by atoms with Gasteiger partial charge in [0.15, 0.2) is 0 Å². The molecule has 0 radical (unpaired) electrons. The van der Waals surface area contributed by atoms with Gasteiger partial charge in [0.1, 0.15) is 6.04 Å². The average Bonchev–Trinajstić information content (AvgIpc) is 3.35. The Bertz CT molecular complexity index is 815. The molecule has 0 unspecified atom stereocenters. The van der Waals surface area contributed by atoms with Crippen LogP contribution in [-0.2, 0) is 11.2 Å². The fourth-order valence-electron chi connectivity index (χ4n) is 4.03. The topological polar surface area (TPSA) is 52.7 Å². The summed E-state index contributed by atoms with van der Waals surface area (Å²) in [6.07, 6.45) is 3.04. The van der Waals surface area contributed by atoms with Gasteiger partial charge in [-0.1, -0.05) is 36.4 Å². The summed E-state index contributed by atoms with van der Waals surface area (Å²) in [6.45, 7) is 3.73. The van der Waals surface area contributed by atoms with E-state index in [0.717, 1.165) is 30.9 Å². The van der Waals surface area contributed by atoms with Crippen molar-refractivity contribution in [2.24, 2.45) is 0 Å². The molecule has 2 heterocycles. The van der Waals surface area contributed by atoms with E-state index < -0.39 is 6.04 Å². The molecule has 5 heteroatoms. The van der Waals surface area contributed by atoms with Crippen LogP contribution in [0.1, 0.15) is 28.8 Å². The van der Waals surface area contributed by atoms with Crippen molar-refractivity contribution in [3.63, 3.8) is 0 Å². The van der Waals surface area contributed by atoms with E-state index >= 15 is 0 Å². The standard InChI is InChI=1S/C22H25N3O2/c26-21(23-12-15-24-13-6-7-14-24)20-16-18-10-4-5-11-19(18)25(20)22(27)17-8-2-1-3-9-17/h1-5,8-11,20H,6-7,12-16H2,(H,23,26)/t20-/m0/s1. The van der Waals surface area contributed by atoms with Crippen molar-refractivity contribution in [2.45, 2.75) is 25.3 Å². The molecule has 4 rings (SSSR count). The van der Waals surface area contributed by atoms with E-state index in [2.05, 4.69) is 10.2 Å². The van der Waals surface area contributed by atoms with Crippen LogP contribution in [0.4, 0.5) is 5.69 Å². The molecule has 140 valence electrons. The summed E-state index contributed by atoms with van der Waals surface area (Å²) in [6, 6.07) is 16.5. The third-order valence-electron chi connectivity index (χ3n) is 5.44. The van der Waals surface area contributed by atoms with Gasteiger partial charge >= 0.3 is 0 Å². The maximum Gasteiger partial charge on any atom is 0.259 e. The van der Waals surface area contributed by atoms with E-state index in [1.807, 2.05) is 42.5 Å². The molecule has 2 amide bonds. The second-order valence-corrected chi connectivity index (χ2v) is 7.23. The van der Waals surface area contributed by atoms with Crippen LogP contribution in [0.5, 0.6) is 0 Å². The summed E-state index contributed by atoms with van der Waals surface area (Å²) < 4.78 is 0. The predicted octanol–water partition coefficient (Wildman–Crippen LogP) is 2.47. The summed E-state index contributed by atoms with van der Waals surface area (Å²) in [5.74, 6) is -0.199. The first-order chi connectivity index (χ1) is 13.2. The van der Waals surface area contributed by atoms with E-state index in [-0.39, 0.29) is 11.8 Å². The zero-order valence-corrected chi connectivity index (χ0v) is 15.4. The molecule has 2 aromatic carbocycles. The largest absolute Gasteiger partial charge is 0.353 e. The Morgan fingerprint density at radius 1 is 0.963 bits per heavy atom. The maximum absolute atomic E-state index is 13.1. The molecule has 2 aromatic rings. The lowest BCUT2D eigenvalue weighted by atomic mass is 10.1. The third-order valence-corrected chi connectivity index (χ3v) is 5.44. The number of nitrogens with zero attached hydrogens (tertiary/aromatic N) is 2. The summed E-state index contributed by atoms with van der Waals surface area (Å²) >= 11 is 0. The molecule has 1 fully saturated rings. The van der Waals surface area contributed by atoms with Crippen LogP contribution in [0.25, 0.3) is 0 Å². The van der Waals surface area contributed by atoms with Gasteiger partial charge in [-0.05, 0) is 49.7 Å². The monoisotopic (exact) mass is 363 g/mol. The molecule has 2 aliphatic rings. The van der Waals surface area contributed by atoms with Crippen molar-refractivity contribution in [3.8, 4) is 0 Å². The second-order valence-electron chi connectivity index (χ2n) is 7.23. The van der Waals surface area contributed by atoms with E-state index in [1.54, 1.807) is 17.0 Å². The molecular formula is C22H25N3O2. The Balaban J connectivity index is 1.50. The molecule has 2 aliphatic heterocycles. The highest BCUT2D eigenvalue weighted by atomic mass is 16.2. The number of likely N-dealkylation sites (tertiary alicyclic amines) is 1. The molecule has 0 aromatic heterocycles. The number of amides is 2. The van der Waals surface area contributed by atoms with Crippen molar-refractivity contribution >= 4 is 17.5 Å². The van der Waals surface area contributed by atoms with E-state index in [9.17, 15) is 9.59 Å². The molecule has 1 N–H and O–H groups in total. The van der Waals surface area contributed by atoms with Gasteiger partial charge in [-0.3, -0.25) is 14.5 Å². The number of anilines is 1. The highest BCUT2D eigenvalue weighted by molar-refractivity contribution is 6.11. The first-order valence-corrected chi connectivity index (χ1v) is 9.70. The van der Waals surface area contributed by atoms with Gasteiger partial charge < -0.3 is 10.2 Å². The zero-order valence-electron chi connectivity index (χ0n) is 15.4. The Kier molecular flexibility index (Phi) is 5.21. The van der Waals surface area contributed by atoms with Gasteiger partial charge in [-0.15, -0.1) is 0 Å². The molecule has 1 atom stereocenters. The first kappa shape index (κ1) is 17.7. The van der Waals surface area contributed by atoms with E-state index in [1.165, 1.54) is 12.8 Å². The molecule has 0 bridgehead atoms. The summed E-state index contributed by atoms with van der Waals surface area (Å²) in [4.78, 5) is 30.1. The predicted molar refractivity (Wildman–Crippen MR) is 106 cm³/mol. The number of hydrogen-bond acceptors (Lipinski definition) is 3. The second kappa shape index (κ2) is 7.92. The molecule has 0 spiro atoms. The molecule has 27 heavy (non-hydrogen) atoms. The van der Waals surface area contributed by atoms with Crippen LogP contribution in [0, 0.1) is 0 Å². The number of carbonyl (C=O) groups is 2. The molecule has 5 nitrogen and oxygen atoms in total. The van der Waals surface area contributed by atoms with Crippen LogP contribution in [-0.4, -0.2) is 48.9 Å². The SMILES string of the molecule is O=C(NCCN1CCCC1)[C@@H]1Cc2ccccc2N1C(=O)c1ccccc1. The van der Waals surface area contributed by atoms with Crippen molar-refractivity contribution in [1.29, 1.82) is 0 Å². The molecular weight excluding hydrogens is 338 g/mol. The van der Waals surface area contributed by atoms with Gasteiger partial charge in [0, 0.05) is 30.8 Å². The van der Waals surface area contributed by atoms with Crippen LogP contribution in [0.15, 0.2) is 54.6 Å². The average molecular weight is 363 g/mol. The fraction of sp³-hybridized carbons (Fsp3) is 0.364. The smallest absolute Gasteiger partial charge is 0.259 e. The Labute approximate surface area is 160 Å². The highest BCUT2D eigenvalue weighted by Gasteiger charge is 2.38. The summed E-state index contributed by atoms with van der Waals surface area (Å²) in [7, 11) is 0. The zero-order chi connectivity index (χ0) is 18.6. The number of para-hydroxylation sites is 1. The number of rotatable bonds is 5. The van der Waals surface area contributed by atoms with Crippen LogP contribution >= 0.6 is 0 Å². The Hall–Kier alpha value is -2.66. The molecule has 0 aliphatic carbocycles. The quantitative estimate of drug-likeness (QED) is 0.888. The van der Waals surface area contributed by atoms with Crippen LogP contribution in [0.3, 0.4) is 0 Å². The number of nitrogens with one attached hydrogen (secondary N) is 1. The number of benzene rings is 2. The van der Waals surface area contributed by atoms with Crippen molar-refractivity contribution < 1.29 is 9.59 Å². The van der Waals surface area contributed by atoms with Crippen LogP contribution < -0.4 is 10.2 Å². The maximum atomic E-state index is 13.1. The van der Waals surface area contributed by atoms with Gasteiger partial charge in [-0.2, -0.15) is 0 Å². The van der Waals surface area contributed by atoms with Crippen LogP contribution in [0.2, 0.25) is 0 Å². The van der Waals surface area contributed by atoms with Gasteiger partial charge in [0.25, 0.3) is 5.91 Å². The molecule has 1 saturated heterocycles. The highest BCUT2D eigenvalue weighted by Crippen LogP contribution is 2.33.